The van der Waals surface area contributed by atoms with E-state index in [2.05, 4.69) is 10.5 Å². The van der Waals surface area contributed by atoms with Crippen molar-refractivity contribution < 1.29 is 23.8 Å². The summed E-state index contributed by atoms with van der Waals surface area (Å²) in [5.41, 5.74) is 3.63. The van der Waals surface area contributed by atoms with Crippen molar-refractivity contribution in [1.29, 1.82) is 0 Å². The van der Waals surface area contributed by atoms with E-state index in [0.717, 1.165) is 0 Å². The Morgan fingerprint density at radius 1 is 1.00 bits per heavy atom. The second-order valence-electron chi connectivity index (χ2n) is 6.58. The summed E-state index contributed by atoms with van der Waals surface area (Å²) in [4.78, 5) is 24.7. The summed E-state index contributed by atoms with van der Waals surface area (Å²) in [6, 6.07) is 16.0. The van der Waals surface area contributed by atoms with Crippen molar-refractivity contribution in [1.82, 2.24) is 5.43 Å². The Balaban J connectivity index is 1.70. The number of halogens is 2. The maximum absolute atomic E-state index is 12.5. The maximum atomic E-state index is 12.5. The third kappa shape index (κ3) is 6.47. The average Bonchev–Trinajstić information content (AvgIpc) is 2.80. The van der Waals surface area contributed by atoms with Gasteiger partial charge in [0, 0.05) is 5.02 Å². The Kier molecular flexibility index (Phi) is 8.29. The Morgan fingerprint density at radius 2 is 1.76 bits per heavy atom. The monoisotopic (exact) mass is 486 g/mol. The van der Waals surface area contributed by atoms with Gasteiger partial charge in [0.05, 0.1) is 36.1 Å². The first-order valence-electron chi connectivity index (χ1n) is 9.82. The number of nitrogens with zero attached hydrogens (tertiary/aromatic N) is 1. The third-order valence-electron chi connectivity index (χ3n) is 4.35. The molecule has 0 saturated carbocycles. The van der Waals surface area contributed by atoms with Crippen LogP contribution in [0, 0.1) is 0 Å². The first-order chi connectivity index (χ1) is 15.9. The van der Waals surface area contributed by atoms with Crippen LogP contribution >= 0.6 is 23.2 Å². The highest BCUT2D eigenvalue weighted by atomic mass is 35.5. The molecule has 0 unspecified atom stereocenters. The SMILES string of the molecule is CCOc1cc(C=NNC(=O)c2ccc(Cl)cc2Cl)ccc1OC(=O)c1ccc(OC)cc1. The lowest BCUT2D eigenvalue weighted by Gasteiger charge is -2.11. The molecule has 0 radical (unpaired) electrons. The number of ether oxygens (including phenoxy) is 3. The van der Waals surface area contributed by atoms with Crippen molar-refractivity contribution in [2.24, 2.45) is 5.10 Å². The lowest BCUT2D eigenvalue weighted by atomic mass is 10.2. The number of hydrogen-bond acceptors (Lipinski definition) is 6. The van der Waals surface area contributed by atoms with Gasteiger partial charge < -0.3 is 14.2 Å². The van der Waals surface area contributed by atoms with E-state index in [4.69, 9.17) is 37.4 Å². The van der Waals surface area contributed by atoms with Gasteiger partial charge in [0.1, 0.15) is 5.75 Å². The second-order valence-corrected chi connectivity index (χ2v) is 7.42. The molecule has 0 spiro atoms. The Morgan fingerprint density at radius 3 is 2.42 bits per heavy atom. The summed E-state index contributed by atoms with van der Waals surface area (Å²) >= 11 is 11.9. The first-order valence-corrected chi connectivity index (χ1v) is 10.6. The van der Waals surface area contributed by atoms with Gasteiger partial charge >= 0.3 is 5.97 Å². The van der Waals surface area contributed by atoms with E-state index in [9.17, 15) is 9.59 Å². The molecular formula is C24H20Cl2N2O5. The molecule has 7 nitrogen and oxygen atoms in total. The highest BCUT2D eigenvalue weighted by Gasteiger charge is 2.14. The van der Waals surface area contributed by atoms with E-state index in [-0.39, 0.29) is 16.3 Å². The standard InChI is InChI=1S/C24H20Cl2N2O5/c1-3-32-22-12-15(14-27-28-23(29)19-10-7-17(25)13-20(19)26)4-11-21(22)33-24(30)16-5-8-18(31-2)9-6-16/h4-14H,3H2,1-2H3,(H,28,29). The molecule has 0 saturated heterocycles. The van der Waals surface area contributed by atoms with Crippen LogP contribution in [0.15, 0.2) is 65.8 Å². The van der Waals surface area contributed by atoms with Crippen LogP contribution in [0.1, 0.15) is 33.2 Å². The summed E-state index contributed by atoms with van der Waals surface area (Å²) in [6.07, 6.45) is 1.43. The van der Waals surface area contributed by atoms with Crippen molar-refractivity contribution in [2.75, 3.05) is 13.7 Å². The van der Waals surface area contributed by atoms with E-state index in [1.54, 1.807) is 55.6 Å². The predicted octanol–water partition coefficient (Wildman–Crippen LogP) is 5.38. The van der Waals surface area contributed by atoms with E-state index in [0.29, 0.717) is 34.3 Å². The minimum atomic E-state index is -0.535. The van der Waals surface area contributed by atoms with Gasteiger partial charge in [0.25, 0.3) is 5.91 Å². The first kappa shape index (κ1) is 24.1. The number of rotatable bonds is 8. The Bertz CT molecular complexity index is 1180. The van der Waals surface area contributed by atoms with Crippen LogP contribution < -0.4 is 19.6 Å². The zero-order valence-electron chi connectivity index (χ0n) is 17.8. The summed E-state index contributed by atoms with van der Waals surface area (Å²) < 4.78 is 16.2. The number of nitrogens with one attached hydrogen (secondary N) is 1. The molecular weight excluding hydrogens is 467 g/mol. The van der Waals surface area contributed by atoms with Gasteiger partial charge in [-0.2, -0.15) is 5.10 Å². The molecule has 0 heterocycles. The van der Waals surface area contributed by atoms with Crippen LogP contribution in [0.3, 0.4) is 0 Å². The zero-order valence-corrected chi connectivity index (χ0v) is 19.3. The maximum Gasteiger partial charge on any atom is 0.343 e. The summed E-state index contributed by atoms with van der Waals surface area (Å²) in [7, 11) is 1.55. The van der Waals surface area contributed by atoms with Gasteiger partial charge in [-0.3, -0.25) is 4.79 Å². The highest BCUT2D eigenvalue weighted by molar-refractivity contribution is 6.36. The molecule has 33 heavy (non-hydrogen) atoms. The molecule has 170 valence electrons. The highest BCUT2D eigenvalue weighted by Crippen LogP contribution is 2.29. The van der Waals surface area contributed by atoms with E-state index in [1.165, 1.54) is 18.3 Å². The molecule has 1 amide bonds. The zero-order chi connectivity index (χ0) is 23.8. The number of hydrazone groups is 1. The molecule has 3 rings (SSSR count). The van der Waals surface area contributed by atoms with Crippen molar-refractivity contribution in [3.05, 3.63) is 87.4 Å². The largest absolute Gasteiger partial charge is 0.497 e. The lowest BCUT2D eigenvalue weighted by molar-refractivity contribution is 0.0728. The molecule has 0 aromatic heterocycles. The number of benzene rings is 3. The van der Waals surface area contributed by atoms with Crippen molar-refractivity contribution >= 4 is 41.3 Å². The molecule has 3 aromatic rings. The smallest absolute Gasteiger partial charge is 0.343 e. The van der Waals surface area contributed by atoms with Gasteiger partial charge in [-0.25, -0.2) is 10.2 Å². The summed E-state index contributed by atoms with van der Waals surface area (Å²) in [6.45, 7) is 2.17. The summed E-state index contributed by atoms with van der Waals surface area (Å²) in [5, 5.41) is 4.59. The van der Waals surface area contributed by atoms with E-state index in [1.807, 2.05) is 6.92 Å². The van der Waals surface area contributed by atoms with Crippen LogP contribution in [-0.2, 0) is 0 Å². The molecule has 9 heteroatoms. The third-order valence-corrected chi connectivity index (χ3v) is 4.90. The second kappa shape index (κ2) is 11.4. The molecule has 3 aromatic carbocycles. The topological polar surface area (TPSA) is 86.2 Å². The number of carbonyl (C=O) groups excluding carboxylic acids is 2. The average molecular weight is 487 g/mol. The van der Waals surface area contributed by atoms with Gasteiger partial charge in [-0.05, 0) is 73.2 Å². The Hall–Kier alpha value is -3.55. The van der Waals surface area contributed by atoms with Crippen LogP contribution in [0.2, 0.25) is 10.0 Å². The number of esters is 1. The van der Waals surface area contributed by atoms with Crippen molar-refractivity contribution in [3.63, 3.8) is 0 Å². The van der Waals surface area contributed by atoms with Gasteiger partial charge in [-0.15, -0.1) is 0 Å². The number of carbonyl (C=O) groups is 2. The fourth-order valence-electron chi connectivity index (χ4n) is 2.74. The number of methoxy groups -OCH3 is 1. The minimum Gasteiger partial charge on any atom is -0.497 e. The van der Waals surface area contributed by atoms with Crippen LogP contribution in [-0.4, -0.2) is 31.8 Å². The molecule has 0 aliphatic carbocycles. The quantitative estimate of drug-likeness (QED) is 0.200. The molecule has 0 fully saturated rings. The fraction of sp³-hybridized carbons (Fsp3) is 0.125. The predicted molar refractivity (Wildman–Crippen MR) is 127 cm³/mol. The summed E-state index contributed by atoms with van der Waals surface area (Å²) in [5.74, 6) is 0.230. The van der Waals surface area contributed by atoms with Crippen LogP contribution in [0.4, 0.5) is 0 Å². The molecule has 0 bridgehead atoms. The van der Waals surface area contributed by atoms with Crippen molar-refractivity contribution in [2.45, 2.75) is 6.92 Å². The van der Waals surface area contributed by atoms with Crippen LogP contribution in [0.25, 0.3) is 0 Å². The van der Waals surface area contributed by atoms with E-state index < -0.39 is 11.9 Å². The fourth-order valence-corrected chi connectivity index (χ4v) is 3.24. The van der Waals surface area contributed by atoms with Gasteiger partial charge in [0.15, 0.2) is 11.5 Å². The van der Waals surface area contributed by atoms with Crippen LogP contribution in [0.5, 0.6) is 17.2 Å². The lowest BCUT2D eigenvalue weighted by Crippen LogP contribution is -2.18. The Labute approximate surface area is 200 Å². The molecule has 0 aliphatic rings. The van der Waals surface area contributed by atoms with Gasteiger partial charge in [-0.1, -0.05) is 23.2 Å². The number of hydrogen-bond donors (Lipinski definition) is 1. The molecule has 1 N–H and O–H groups in total. The minimum absolute atomic E-state index is 0.219. The van der Waals surface area contributed by atoms with E-state index >= 15 is 0 Å². The van der Waals surface area contributed by atoms with Crippen molar-refractivity contribution in [3.8, 4) is 17.2 Å². The molecule has 0 aliphatic heterocycles. The normalized spacial score (nSPS) is 10.7. The number of amides is 1. The molecule has 0 atom stereocenters. The van der Waals surface area contributed by atoms with Gasteiger partial charge in [0.2, 0.25) is 0 Å².